The maximum atomic E-state index is 12.8. The second-order valence-corrected chi connectivity index (χ2v) is 7.69. The van der Waals surface area contributed by atoms with Gasteiger partial charge in [0.2, 0.25) is 0 Å². The predicted molar refractivity (Wildman–Crippen MR) is 109 cm³/mol. The van der Waals surface area contributed by atoms with E-state index in [0.29, 0.717) is 27.6 Å². The molecule has 0 atom stereocenters. The van der Waals surface area contributed by atoms with Crippen LogP contribution in [0.15, 0.2) is 38.9 Å². The van der Waals surface area contributed by atoms with Crippen molar-refractivity contribution in [2.24, 2.45) is 14.1 Å². The van der Waals surface area contributed by atoms with E-state index in [2.05, 4.69) is 48.1 Å². The molecule has 0 unspecified atom stereocenters. The Morgan fingerprint density at radius 1 is 1.04 bits per heavy atom. The van der Waals surface area contributed by atoms with E-state index >= 15 is 0 Å². The molecule has 0 amide bonds. The highest BCUT2D eigenvalue weighted by Crippen LogP contribution is 2.26. The lowest BCUT2D eigenvalue weighted by Gasteiger charge is -2.12. The van der Waals surface area contributed by atoms with Crippen LogP contribution in [0.2, 0.25) is 0 Å². The lowest BCUT2D eigenvalue weighted by molar-refractivity contribution is 0.690. The molecular weight excluding hydrogens is 360 g/mol. The summed E-state index contributed by atoms with van der Waals surface area (Å²) < 4.78 is 2.55. The minimum Gasteiger partial charge on any atom is -0.280 e. The summed E-state index contributed by atoms with van der Waals surface area (Å²) in [5, 5.41) is 1.06. The number of rotatable bonds is 6. The number of unbranched alkanes of at least 4 members (excludes halogenated alkanes) is 1. The van der Waals surface area contributed by atoms with E-state index in [0.717, 1.165) is 29.4 Å². The van der Waals surface area contributed by atoms with Gasteiger partial charge in [0.05, 0.1) is 0 Å². The first kappa shape index (κ1) is 19.4. The Balaban J connectivity index is 2.11. The van der Waals surface area contributed by atoms with Crippen molar-refractivity contribution in [3.8, 4) is 0 Å². The topological polar surface area (TPSA) is 69.8 Å². The normalized spacial score (nSPS) is 11.3. The van der Waals surface area contributed by atoms with Crippen molar-refractivity contribution < 1.29 is 0 Å². The molecule has 0 aliphatic carbocycles. The average Bonchev–Trinajstić information content (AvgIpc) is 2.68. The van der Waals surface area contributed by atoms with E-state index in [9.17, 15) is 9.59 Å². The number of hydrogen-bond donors (Lipinski definition) is 0. The van der Waals surface area contributed by atoms with Crippen LogP contribution in [0.3, 0.4) is 0 Å². The van der Waals surface area contributed by atoms with Crippen molar-refractivity contribution in [2.75, 3.05) is 0 Å². The van der Waals surface area contributed by atoms with Gasteiger partial charge in [0.1, 0.15) is 16.2 Å². The van der Waals surface area contributed by atoms with Crippen molar-refractivity contribution in [2.45, 2.75) is 43.9 Å². The number of hydrogen-bond acceptors (Lipinski definition) is 5. The van der Waals surface area contributed by atoms with Crippen LogP contribution in [0.1, 0.15) is 36.7 Å². The Morgan fingerprint density at radius 3 is 2.41 bits per heavy atom. The molecule has 0 N–H and O–H groups in total. The van der Waals surface area contributed by atoms with Crippen molar-refractivity contribution >= 4 is 22.8 Å². The third-order valence-corrected chi connectivity index (χ3v) is 5.61. The molecule has 0 radical (unpaired) electrons. The molecule has 2 heterocycles. The van der Waals surface area contributed by atoms with Crippen LogP contribution < -0.4 is 11.2 Å². The molecule has 2 aromatic heterocycles. The van der Waals surface area contributed by atoms with Crippen molar-refractivity contribution in [1.29, 1.82) is 0 Å². The molecular formula is C20H24N4O2S. The molecule has 0 saturated heterocycles. The summed E-state index contributed by atoms with van der Waals surface area (Å²) in [6, 6.07) is 8.31. The number of benzene rings is 1. The van der Waals surface area contributed by atoms with Crippen LogP contribution in [0, 0.1) is 6.92 Å². The van der Waals surface area contributed by atoms with Gasteiger partial charge in [0.15, 0.2) is 5.65 Å². The molecule has 142 valence electrons. The van der Waals surface area contributed by atoms with Crippen molar-refractivity contribution in [3.63, 3.8) is 0 Å². The van der Waals surface area contributed by atoms with Crippen molar-refractivity contribution in [1.82, 2.24) is 19.1 Å². The van der Waals surface area contributed by atoms with Crippen molar-refractivity contribution in [3.05, 3.63) is 62.1 Å². The summed E-state index contributed by atoms with van der Waals surface area (Å²) in [7, 11) is 3.14. The minimum absolute atomic E-state index is 0.346. The maximum absolute atomic E-state index is 12.8. The fourth-order valence-corrected chi connectivity index (χ4v) is 3.85. The fraction of sp³-hybridized carbons (Fsp3) is 0.400. The third kappa shape index (κ3) is 3.98. The highest BCUT2D eigenvalue weighted by atomic mass is 32.2. The second kappa shape index (κ2) is 8.08. The summed E-state index contributed by atoms with van der Waals surface area (Å²) in [5.74, 6) is 1.38. The second-order valence-electron chi connectivity index (χ2n) is 6.73. The summed E-state index contributed by atoms with van der Waals surface area (Å²) >= 11 is 1.51. The SMILES string of the molecule is CCCCc1nc(SCc2ccc(C)cc2)c2c(=O)n(C)c(=O)n(C)c2n1. The van der Waals surface area contributed by atoms with Crippen LogP contribution in [0.5, 0.6) is 0 Å². The molecule has 3 aromatic rings. The molecule has 0 fully saturated rings. The minimum atomic E-state index is -0.373. The zero-order valence-electron chi connectivity index (χ0n) is 16.2. The molecule has 3 rings (SSSR count). The van der Waals surface area contributed by atoms with E-state index < -0.39 is 0 Å². The van der Waals surface area contributed by atoms with Crippen LogP contribution in [0.4, 0.5) is 0 Å². The van der Waals surface area contributed by atoms with E-state index in [1.54, 1.807) is 7.05 Å². The highest BCUT2D eigenvalue weighted by molar-refractivity contribution is 7.98. The number of aryl methyl sites for hydroxylation is 3. The Bertz CT molecular complexity index is 1080. The Labute approximate surface area is 162 Å². The first-order valence-electron chi connectivity index (χ1n) is 9.07. The quantitative estimate of drug-likeness (QED) is 0.483. The van der Waals surface area contributed by atoms with Gasteiger partial charge in [-0.1, -0.05) is 43.2 Å². The summed E-state index contributed by atoms with van der Waals surface area (Å²) in [6.45, 7) is 4.17. The first-order valence-corrected chi connectivity index (χ1v) is 10.1. The number of nitrogens with zero attached hydrogens (tertiary/aromatic N) is 4. The van der Waals surface area contributed by atoms with Gasteiger partial charge in [-0.15, -0.1) is 11.8 Å². The summed E-state index contributed by atoms with van der Waals surface area (Å²) in [4.78, 5) is 34.3. The smallest absolute Gasteiger partial charge is 0.280 e. The van der Waals surface area contributed by atoms with Crippen LogP contribution in [-0.2, 0) is 26.3 Å². The lowest BCUT2D eigenvalue weighted by Crippen LogP contribution is -2.37. The van der Waals surface area contributed by atoms with Gasteiger partial charge in [-0.3, -0.25) is 13.9 Å². The molecule has 0 aliphatic heterocycles. The average molecular weight is 385 g/mol. The van der Waals surface area contributed by atoms with Gasteiger partial charge in [0, 0.05) is 26.3 Å². The standard InChI is InChI=1S/C20H24N4O2S/c1-5-6-7-15-21-17-16(19(25)24(4)20(26)23(17)3)18(22-15)27-12-14-10-8-13(2)9-11-14/h8-11H,5-7,12H2,1-4H3. The maximum Gasteiger partial charge on any atom is 0.332 e. The van der Waals surface area contributed by atoms with Crippen LogP contribution >= 0.6 is 11.8 Å². The molecule has 7 heteroatoms. The molecule has 0 aliphatic rings. The van der Waals surface area contributed by atoms with Gasteiger partial charge in [-0.25, -0.2) is 14.8 Å². The first-order chi connectivity index (χ1) is 12.9. The molecule has 0 spiro atoms. The van der Waals surface area contributed by atoms with Gasteiger partial charge in [-0.05, 0) is 18.9 Å². The predicted octanol–water partition coefficient (Wildman–Crippen LogP) is 2.97. The highest BCUT2D eigenvalue weighted by Gasteiger charge is 2.17. The van der Waals surface area contributed by atoms with Gasteiger partial charge in [-0.2, -0.15) is 0 Å². The summed E-state index contributed by atoms with van der Waals surface area (Å²) in [6.07, 6.45) is 2.73. The van der Waals surface area contributed by atoms with E-state index in [1.165, 1.54) is 28.9 Å². The number of thioether (sulfide) groups is 1. The monoisotopic (exact) mass is 384 g/mol. The molecule has 0 saturated carbocycles. The van der Waals surface area contributed by atoms with Crippen LogP contribution in [0.25, 0.3) is 11.0 Å². The Hall–Kier alpha value is -2.41. The third-order valence-electron chi connectivity index (χ3n) is 4.56. The number of aromatic nitrogens is 4. The lowest BCUT2D eigenvalue weighted by atomic mass is 10.2. The zero-order valence-corrected chi connectivity index (χ0v) is 17.0. The van der Waals surface area contributed by atoms with Crippen LogP contribution in [-0.4, -0.2) is 19.1 Å². The zero-order chi connectivity index (χ0) is 19.6. The largest absolute Gasteiger partial charge is 0.332 e. The number of fused-ring (bicyclic) bond motifs is 1. The van der Waals surface area contributed by atoms with E-state index in [-0.39, 0.29) is 11.2 Å². The molecule has 6 nitrogen and oxygen atoms in total. The fourth-order valence-electron chi connectivity index (χ4n) is 2.86. The Morgan fingerprint density at radius 2 is 1.74 bits per heavy atom. The summed E-state index contributed by atoms with van der Waals surface area (Å²) in [5.41, 5.74) is 2.07. The van der Waals surface area contributed by atoms with Gasteiger partial charge < -0.3 is 0 Å². The van der Waals surface area contributed by atoms with E-state index in [1.807, 2.05) is 0 Å². The molecule has 0 bridgehead atoms. The molecule has 27 heavy (non-hydrogen) atoms. The Kier molecular flexibility index (Phi) is 5.79. The van der Waals surface area contributed by atoms with Gasteiger partial charge >= 0.3 is 5.69 Å². The van der Waals surface area contributed by atoms with Gasteiger partial charge in [0.25, 0.3) is 5.56 Å². The van der Waals surface area contributed by atoms with E-state index in [4.69, 9.17) is 0 Å². The molecule has 1 aromatic carbocycles.